The van der Waals surface area contributed by atoms with E-state index in [0.29, 0.717) is 24.0 Å². The van der Waals surface area contributed by atoms with E-state index in [9.17, 15) is 8.42 Å². The molecule has 2 rings (SSSR count). The second-order valence-electron chi connectivity index (χ2n) is 5.06. The predicted molar refractivity (Wildman–Crippen MR) is 74.3 cm³/mol. The topological polar surface area (TPSA) is 95.4 Å². The maximum atomic E-state index is 11.3. The summed E-state index contributed by atoms with van der Waals surface area (Å²) >= 11 is 0. The summed E-state index contributed by atoms with van der Waals surface area (Å²) in [5.74, 6) is 0.934. The Morgan fingerprint density at radius 3 is 2.53 bits per heavy atom. The molecule has 1 aliphatic carbocycles. The Kier molecular flexibility index (Phi) is 4.31. The van der Waals surface area contributed by atoms with E-state index in [1.54, 1.807) is 0 Å². The van der Waals surface area contributed by atoms with Gasteiger partial charge in [-0.2, -0.15) is 0 Å². The molecule has 1 saturated carbocycles. The Morgan fingerprint density at radius 1 is 1.21 bits per heavy atom. The molecule has 0 heterocycles. The Labute approximate surface area is 114 Å². The SMILES string of the molecule is Nc1ccc(S(N)(=O)=O)cc1OCC1CCCCC1. The third-order valence-electron chi connectivity index (χ3n) is 3.51. The molecule has 0 atom stereocenters. The van der Waals surface area contributed by atoms with Crippen molar-refractivity contribution in [2.24, 2.45) is 11.1 Å². The lowest BCUT2D eigenvalue weighted by atomic mass is 9.90. The van der Waals surface area contributed by atoms with Gasteiger partial charge < -0.3 is 10.5 Å². The smallest absolute Gasteiger partial charge is 0.238 e. The fourth-order valence-corrected chi connectivity index (χ4v) is 2.91. The average Bonchev–Trinajstić information content (AvgIpc) is 2.37. The van der Waals surface area contributed by atoms with Crippen molar-refractivity contribution < 1.29 is 13.2 Å². The zero-order valence-corrected chi connectivity index (χ0v) is 11.7. The number of nitrogen functional groups attached to an aromatic ring is 1. The molecule has 4 N–H and O–H groups in total. The van der Waals surface area contributed by atoms with Gasteiger partial charge in [-0.1, -0.05) is 19.3 Å². The molecule has 0 bridgehead atoms. The van der Waals surface area contributed by atoms with Crippen molar-refractivity contribution in [2.75, 3.05) is 12.3 Å². The standard InChI is InChI=1S/C13H20N2O3S/c14-12-7-6-11(19(15,16)17)8-13(12)18-9-10-4-2-1-3-5-10/h6-8,10H,1-5,9,14H2,(H2,15,16,17). The van der Waals surface area contributed by atoms with Gasteiger partial charge in [0.2, 0.25) is 10.0 Å². The van der Waals surface area contributed by atoms with Gasteiger partial charge in [0.05, 0.1) is 17.2 Å². The van der Waals surface area contributed by atoms with E-state index < -0.39 is 10.0 Å². The molecule has 0 saturated heterocycles. The first kappa shape index (κ1) is 14.1. The maximum absolute atomic E-state index is 11.3. The highest BCUT2D eigenvalue weighted by molar-refractivity contribution is 7.89. The van der Waals surface area contributed by atoms with Crippen molar-refractivity contribution in [3.05, 3.63) is 18.2 Å². The van der Waals surface area contributed by atoms with Gasteiger partial charge in [0.1, 0.15) is 5.75 Å². The van der Waals surface area contributed by atoms with Crippen molar-refractivity contribution in [3.8, 4) is 5.75 Å². The van der Waals surface area contributed by atoms with Gasteiger partial charge in [-0.25, -0.2) is 13.6 Å². The molecular weight excluding hydrogens is 264 g/mol. The van der Waals surface area contributed by atoms with E-state index in [0.717, 1.165) is 12.8 Å². The fraction of sp³-hybridized carbons (Fsp3) is 0.538. The van der Waals surface area contributed by atoms with Crippen molar-refractivity contribution in [2.45, 2.75) is 37.0 Å². The molecule has 0 aromatic heterocycles. The Morgan fingerprint density at radius 2 is 1.89 bits per heavy atom. The highest BCUT2D eigenvalue weighted by Gasteiger charge is 2.16. The minimum absolute atomic E-state index is 0.0281. The molecule has 106 valence electrons. The second-order valence-corrected chi connectivity index (χ2v) is 6.62. The largest absolute Gasteiger partial charge is 0.491 e. The third-order valence-corrected chi connectivity index (χ3v) is 4.42. The number of ether oxygens (including phenoxy) is 1. The summed E-state index contributed by atoms with van der Waals surface area (Å²) in [6.07, 6.45) is 6.09. The summed E-state index contributed by atoms with van der Waals surface area (Å²) < 4.78 is 28.2. The van der Waals surface area contributed by atoms with Gasteiger partial charge >= 0.3 is 0 Å². The first-order valence-corrected chi connectivity index (χ1v) is 8.06. The number of hydrogen-bond acceptors (Lipinski definition) is 4. The van der Waals surface area contributed by atoms with E-state index in [1.807, 2.05) is 0 Å². The predicted octanol–water partition coefficient (Wildman–Crippen LogP) is 1.88. The van der Waals surface area contributed by atoms with Crippen LogP contribution in [-0.4, -0.2) is 15.0 Å². The number of hydrogen-bond donors (Lipinski definition) is 2. The van der Waals surface area contributed by atoms with Crippen molar-refractivity contribution in [1.29, 1.82) is 0 Å². The van der Waals surface area contributed by atoms with Crippen molar-refractivity contribution in [3.63, 3.8) is 0 Å². The van der Waals surface area contributed by atoms with E-state index in [4.69, 9.17) is 15.6 Å². The minimum Gasteiger partial charge on any atom is -0.491 e. The van der Waals surface area contributed by atoms with Crippen LogP contribution in [0.15, 0.2) is 23.1 Å². The quantitative estimate of drug-likeness (QED) is 0.825. The number of nitrogens with two attached hydrogens (primary N) is 2. The molecule has 1 aromatic carbocycles. The summed E-state index contributed by atoms with van der Waals surface area (Å²) in [4.78, 5) is 0.0281. The highest BCUT2D eigenvalue weighted by atomic mass is 32.2. The van der Waals surface area contributed by atoms with Crippen molar-refractivity contribution >= 4 is 15.7 Å². The van der Waals surface area contributed by atoms with E-state index >= 15 is 0 Å². The number of sulfonamides is 1. The molecule has 0 radical (unpaired) electrons. The number of anilines is 1. The van der Waals surface area contributed by atoms with Crippen LogP contribution in [0.25, 0.3) is 0 Å². The number of primary sulfonamides is 1. The lowest BCUT2D eigenvalue weighted by molar-refractivity contribution is 0.209. The van der Waals surface area contributed by atoms with E-state index in [2.05, 4.69) is 0 Å². The summed E-state index contributed by atoms with van der Waals surface area (Å²) in [5, 5.41) is 5.09. The molecule has 0 amide bonds. The molecule has 1 fully saturated rings. The lowest BCUT2D eigenvalue weighted by Crippen LogP contribution is -2.16. The van der Waals surface area contributed by atoms with Crippen LogP contribution in [0, 0.1) is 5.92 Å². The first-order chi connectivity index (χ1) is 8.97. The van der Waals surface area contributed by atoms with Crippen LogP contribution in [-0.2, 0) is 10.0 Å². The number of rotatable bonds is 4. The van der Waals surface area contributed by atoms with Crippen LogP contribution >= 0.6 is 0 Å². The second kappa shape index (κ2) is 5.79. The lowest BCUT2D eigenvalue weighted by Gasteiger charge is -2.22. The normalized spacial score (nSPS) is 17.3. The zero-order valence-electron chi connectivity index (χ0n) is 10.8. The third kappa shape index (κ3) is 3.84. The molecule has 19 heavy (non-hydrogen) atoms. The van der Waals surface area contributed by atoms with Crippen LogP contribution in [0.1, 0.15) is 32.1 Å². The van der Waals surface area contributed by atoms with E-state index in [-0.39, 0.29) is 4.90 Å². The molecule has 0 unspecified atom stereocenters. The molecular formula is C13H20N2O3S. The van der Waals surface area contributed by atoms with Gasteiger partial charge in [-0.3, -0.25) is 0 Å². The van der Waals surface area contributed by atoms with Gasteiger partial charge in [-0.05, 0) is 30.9 Å². The van der Waals surface area contributed by atoms with Crippen LogP contribution in [0.4, 0.5) is 5.69 Å². The zero-order chi connectivity index (χ0) is 13.9. The molecule has 0 aliphatic heterocycles. The average molecular weight is 284 g/mol. The van der Waals surface area contributed by atoms with Crippen LogP contribution < -0.4 is 15.6 Å². The summed E-state index contributed by atoms with van der Waals surface area (Å²) in [7, 11) is -3.72. The van der Waals surface area contributed by atoms with Crippen molar-refractivity contribution in [1.82, 2.24) is 0 Å². The summed E-state index contributed by atoms with van der Waals surface area (Å²) in [5.41, 5.74) is 6.22. The van der Waals surface area contributed by atoms with Crippen LogP contribution in [0.5, 0.6) is 5.75 Å². The molecule has 1 aliphatic rings. The Bertz CT molecular complexity index is 537. The van der Waals surface area contributed by atoms with Gasteiger partial charge in [0.25, 0.3) is 0 Å². The molecule has 5 nitrogen and oxygen atoms in total. The summed E-state index contributed by atoms with van der Waals surface area (Å²) in [6.45, 7) is 0.582. The molecule has 1 aromatic rings. The molecule has 0 spiro atoms. The van der Waals surface area contributed by atoms with E-state index in [1.165, 1.54) is 37.5 Å². The maximum Gasteiger partial charge on any atom is 0.238 e. The Balaban J connectivity index is 2.06. The van der Waals surface area contributed by atoms with Crippen LogP contribution in [0.3, 0.4) is 0 Å². The fourth-order valence-electron chi connectivity index (χ4n) is 2.38. The summed E-state index contributed by atoms with van der Waals surface area (Å²) in [6, 6.07) is 4.29. The highest BCUT2D eigenvalue weighted by Crippen LogP contribution is 2.28. The van der Waals surface area contributed by atoms with Gasteiger partial charge in [-0.15, -0.1) is 0 Å². The number of benzene rings is 1. The molecule has 6 heteroatoms. The minimum atomic E-state index is -3.72. The Hall–Kier alpha value is -1.27. The van der Waals surface area contributed by atoms with Gasteiger partial charge in [0, 0.05) is 6.07 Å². The monoisotopic (exact) mass is 284 g/mol. The van der Waals surface area contributed by atoms with Gasteiger partial charge in [0.15, 0.2) is 0 Å². The first-order valence-electron chi connectivity index (χ1n) is 6.52. The van der Waals surface area contributed by atoms with Crippen LogP contribution in [0.2, 0.25) is 0 Å².